The van der Waals surface area contributed by atoms with Crippen molar-refractivity contribution in [2.24, 2.45) is 5.92 Å². The summed E-state index contributed by atoms with van der Waals surface area (Å²) in [6, 6.07) is 5.90. The van der Waals surface area contributed by atoms with Gasteiger partial charge in [0.25, 0.3) is 0 Å². The van der Waals surface area contributed by atoms with Crippen molar-refractivity contribution in [3.63, 3.8) is 0 Å². The normalized spacial score (nSPS) is 14.6. The van der Waals surface area contributed by atoms with Gasteiger partial charge in [0.15, 0.2) is 0 Å². The van der Waals surface area contributed by atoms with Crippen LogP contribution in [0.25, 0.3) is 0 Å². The Labute approximate surface area is 102 Å². The molecule has 0 saturated carbocycles. The molecular formula is C13H20FNO2. The summed E-state index contributed by atoms with van der Waals surface area (Å²) in [6.07, 6.45) is -0.606. The third-order valence-corrected chi connectivity index (χ3v) is 2.54. The zero-order valence-electron chi connectivity index (χ0n) is 10.3. The van der Waals surface area contributed by atoms with Crippen molar-refractivity contribution in [2.75, 3.05) is 26.8 Å². The maximum atomic E-state index is 12.7. The fourth-order valence-electron chi connectivity index (χ4n) is 1.61. The van der Waals surface area contributed by atoms with Crippen molar-refractivity contribution >= 4 is 0 Å². The highest BCUT2D eigenvalue weighted by Gasteiger charge is 2.08. The van der Waals surface area contributed by atoms with Crippen molar-refractivity contribution in [3.05, 3.63) is 35.6 Å². The Morgan fingerprint density at radius 3 is 2.53 bits per heavy atom. The second-order valence-corrected chi connectivity index (χ2v) is 4.29. The smallest absolute Gasteiger partial charge is 0.123 e. The zero-order chi connectivity index (χ0) is 12.7. The van der Waals surface area contributed by atoms with Crippen LogP contribution in [-0.4, -0.2) is 31.9 Å². The molecule has 96 valence electrons. The van der Waals surface area contributed by atoms with E-state index >= 15 is 0 Å². The predicted molar refractivity (Wildman–Crippen MR) is 65.3 cm³/mol. The average molecular weight is 241 g/mol. The molecule has 0 aliphatic heterocycles. The second kappa shape index (κ2) is 7.37. The molecule has 2 N–H and O–H groups in total. The topological polar surface area (TPSA) is 41.5 Å². The molecule has 0 radical (unpaired) electrons. The van der Waals surface area contributed by atoms with Gasteiger partial charge in [0.1, 0.15) is 5.82 Å². The quantitative estimate of drug-likeness (QED) is 0.764. The molecule has 17 heavy (non-hydrogen) atoms. The predicted octanol–water partition coefficient (Wildman–Crippen LogP) is 1.73. The van der Waals surface area contributed by atoms with E-state index in [4.69, 9.17) is 4.74 Å². The number of methoxy groups -OCH3 is 1. The van der Waals surface area contributed by atoms with Crippen molar-refractivity contribution in [3.8, 4) is 0 Å². The molecule has 3 nitrogen and oxygen atoms in total. The zero-order valence-corrected chi connectivity index (χ0v) is 10.3. The Hall–Kier alpha value is -0.970. The van der Waals surface area contributed by atoms with Gasteiger partial charge in [-0.1, -0.05) is 19.1 Å². The summed E-state index contributed by atoms with van der Waals surface area (Å²) in [4.78, 5) is 0. The molecule has 0 fully saturated rings. The van der Waals surface area contributed by atoms with Gasteiger partial charge in [0.2, 0.25) is 0 Å². The van der Waals surface area contributed by atoms with Crippen molar-refractivity contribution in [1.82, 2.24) is 5.32 Å². The maximum Gasteiger partial charge on any atom is 0.123 e. The van der Waals surface area contributed by atoms with E-state index in [9.17, 15) is 9.50 Å². The monoisotopic (exact) mass is 241 g/mol. The average Bonchev–Trinajstić information content (AvgIpc) is 2.30. The van der Waals surface area contributed by atoms with Crippen LogP contribution in [0.15, 0.2) is 24.3 Å². The summed E-state index contributed by atoms with van der Waals surface area (Å²) < 4.78 is 17.7. The molecule has 4 heteroatoms. The number of ether oxygens (including phenoxy) is 1. The van der Waals surface area contributed by atoms with Crippen molar-refractivity contribution in [2.45, 2.75) is 13.0 Å². The Kier molecular flexibility index (Phi) is 6.11. The molecule has 1 aromatic rings. The number of hydrogen-bond acceptors (Lipinski definition) is 3. The second-order valence-electron chi connectivity index (χ2n) is 4.29. The van der Waals surface area contributed by atoms with Crippen LogP contribution in [-0.2, 0) is 4.74 Å². The highest BCUT2D eigenvalue weighted by Crippen LogP contribution is 2.12. The van der Waals surface area contributed by atoms with E-state index in [0.717, 1.165) is 12.1 Å². The van der Waals surface area contributed by atoms with Crippen LogP contribution in [0, 0.1) is 11.7 Å². The minimum absolute atomic E-state index is 0.289. The van der Waals surface area contributed by atoms with E-state index in [1.54, 1.807) is 19.2 Å². The number of aliphatic hydroxyl groups excluding tert-OH is 1. The van der Waals surface area contributed by atoms with Crippen LogP contribution in [0.5, 0.6) is 0 Å². The minimum Gasteiger partial charge on any atom is -0.387 e. The van der Waals surface area contributed by atoms with Gasteiger partial charge in [-0.3, -0.25) is 0 Å². The maximum absolute atomic E-state index is 12.7. The van der Waals surface area contributed by atoms with E-state index in [1.807, 2.05) is 0 Å². The number of hydrogen-bond donors (Lipinski definition) is 2. The van der Waals surface area contributed by atoms with Gasteiger partial charge >= 0.3 is 0 Å². The van der Waals surface area contributed by atoms with Crippen LogP contribution in [0.4, 0.5) is 4.39 Å². The molecule has 2 unspecified atom stereocenters. The van der Waals surface area contributed by atoms with Crippen LogP contribution in [0.2, 0.25) is 0 Å². The first-order chi connectivity index (χ1) is 8.13. The van der Waals surface area contributed by atoms with E-state index in [1.165, 1.54) is 12.1 Å². The van der Waals surface area contributed by atoms with Crippen LogP contribution >= 0.6 is 0 Å². The lowest BCUT2D eigenvalue weighted by Crippen LogP contribution is -2.28. The first kappa shape index (κ1) is 14.1. The van der Waals surface area contributed by atoms with E-state index < -0.39 is 6.10 Å². The summed E-state index contributed by atoms with van der Waals surface area (Å²) in [5.74, 6) is 0.114. The lowest BCUT2D eigenvalue weighted by Gasteiger charge is -2.15. The number of aliphatic hydroxyl groups is 1. The Bertz CT molecular complexity index is 316. The van der Waals surface area contributed by atoms with Crippen LogP contribution in [0.3, 0.4) is 0 Å². The van der Waals surface area contributed by atoms with Gasteiger partial charge in [0.05, 0.1) is 6.10 Å². The van der Waals surface area contributed by atoms with Gasteiger partial charge in [-0.25, -0.2) is 4.39 Å². The standard InChI is InChI=1S/C13H20FNO2/c1-10(9-17-2)7-15-8-13(16)11-3-5-12(14)6-4-11/h3-6,10,13,15-16H,7-9H2,1-2H3. The fraction of sp³-hybridized carbons (Fsp3) is 0.538. The molecule has 0 aliphatic rings. The molecule has 1 aromatic carbocycles. The summed E-state index contributed by atoms with van der Waals surface area (Å²) in [6.45, 7) is 4.01. The molecule has 0 spiro atoms. The number of benzene rings is 1. The van der Waals surface area contributed by atoms with Crippen molar-refractivity contribution < 1.29 is 14.2 Å². The molecule has 1 rings (SSSR count). The molecule has 0 heterocycles. The largest absolute Gasteiger partial charge is 0.387 e. The Morgan fingerprint density at radius 2 is 1.94 bits per heavy atom. The molecule has 0 aromatic heterocycles. The van der Waals surface area contributed by atoms with Crippen LogP contribution in [0.1, 0.15) is 18.6 Å². The lowest BCUT2D eigenvalue weighted by atomic mass is 10.1. The molecular weight excluding hydrogens is 221 g/mol. The molecule has 0 amide bonds. The van der Waals surface area contributed by atoms with Crippen LogP contribution < -0.4 is 5.32 Å². The number of nitrogens with one attached hydrogen (secondary N) is 1. The molecule has 0 bridgehead atoms. The van der Waals surface area contributed by atoms with Crippen molar-refractivity contribution in [1.29, 1.82) is 0 Å². The molecule has 0 aliphatic carbocycles. The van der Waals surface area contributed by atoms with E-state index in [2.05, 4.69) is 12.2 Å². The third kappa shape index (κ3) is 5.26. The highest BCUT2D eigenvalue weighted by molar-refractivity contribution is 5.18. The third-order valence-electron chi connectivity index (χ3n) is 2.54. The summed E-state index contributed by atoms with van der Waals surface area (Å²) >= 11 is 0. The summed E-state index contributed by atoms with van der Waals surface area (Å²) in [7, 11) is 1.67. The lowest BCUT2D eigenvalue weighted by molar-refractivity contribution is 0.147. The van der Waals surface area contributed by atoms with E-state index in [0.29, 0.717) is 19.1 Å². The first-order valence-electron chi connectivity index (χ1n) is 5.76. The highest BCUT2D eigenvalue weighted by atomic mass is 19.1. The fourth-order valence-corrected chi connectivity index (χ4v) is 1.61. The summed E-state index contributed by atoms with van der Waals surface area (Å²) in [5.41, 5.74) is 0.721. The minimum atomic E-state index is -0.606. The number of halogens is 1. The molecule has 2 atom stereocenters. The van der Waals surface area contributed by atoms with E-state index in [-0.39, 0.29) is 5.82 Å². The number of rotatable bonds is 7. The van der Waals surface area contributed by atoms with Gasteiger partial charge in [-0.2, -0.15) is 0 Å². The SMILES string of the molecule is COCC(C)CNCC(O)c1ccc(F)cc1. The van der Waals surface area contributed by atoms with Gasteiger partial charge < -0.3 is 15.2 Å². The van der Waals surface area contributed by atoms with Gasteiger partial charge in [-0.15, -0.1) is 0 Å². The van der Waals surface area contributed by atoms with Gasteiger partial charge in [0, 0.05) is 26.8 Å². The van der Waals surface area contributed by atoms with Gasteiger partial charge in [-0.05, 0) is 23.6 Å². The first-order valence-corrected chi connectivity index (χ1v) is 5.76. The summed E-state index contributed by atoms with van der Waals surface area (Å²) in [5, 5.41) is 13.0. The molecule has 0 saturated heterocycles. The Balaban J connectivity index is 2.29. The Morgan fingerprint density at radius 1 is 1.29 bits per heavy atom.